The molecule has 0 aliphatic heterocycles. The number of rotatable bonds is 14. The normalized spacial score (nSPS) is 10.6. The number of ketones is 2. The van der Waals surface area contributed by atoms with Crippen molar-refractivity contribution < 1.29 is 47.0 Å². The van der Waals surface area contributed by atoms with Crippen LogP contribution in [0.5, 0.6) is 0 Å². The molecule has 0 aliphatic rings. The number of carbonyl (C=O) groups excluding carboxylic acids is 6. The molecule has 4 N–H and O–H groups in total. The van der Waals surface area contributed by atoms with E-state index in [1.54, 1.807) is 120 Å². The van der Waals surface area contributed by atoms with Gasteiger partial charge in [-0.3, -0.25) is 39.8 Å². The smallest absolute Gasteiger partial charge is 0.411 e. The molecule has 68 heavy (non-hydrogen) atoms. The number of pyridine rings is 2. The van der Waals surface area contributed by atoms with Crippen molar-refractivity contribution in [1.82, 2.24) is 19.1 Å². The third-order valence-electron chi connectivity index (χ3n) is 10.1. The number of anilines is 4. The number of halogens is 2. The van der Waals surface area contributed by atoms with Crippen LogP contribution in [0.15, 0.2) is 146 Å². The van der Waals surface area contributed by atoms with Crippen LogP contribution in [-0.2, 0) is 32.2 Å². The van der Waals surface area contributed by atoms with Crippen molar-refractivity contribution in [3.05, 3.63) is 180 Å². The van der Waals surface area contributed by atoms with Crippen LogP contribution >= 0.6 is 0 Å². The van der Waals surface area contributed by atoms with Gasteiger partial charge in [0.1, 0.15) is 11.6 Å². The second-order valence-electron chi connectivity index (χ2n) is 14.8. The minimum Gasteiger partial charge on any atom is -0.450 e. The molecular formula is C50H42F2N8O8. The van der Waals surface area contributed by atoms with Crippen LogP contribution in [0.4, 0.5) is 41.1 Å². The van der Waals surface area contributed by atoms with E-state index in [2.05, 4.69) is 31.2 Å². The number of Topliss-reactive ketones (excluding diaryl/α,β-unsaturated/α-hetero) is 2. The Morgan fingerprint density at radius 1 is 0.485 bits per heavy atom. The molecule has 0 aliphatic carbocycles. The van der Waals surface area contributed by atoms with Gasteiger partial charge in [-0.05, 0) is 104 Å². The molecule has 0 spiro atoms. The molecule has 0 saturated heterocycles. The number of hydrogen-bond acceptors (Lipinski definition) is 10. The van der Waals surface area contributed by atoms with Gasteiger partial charge in [0, 0.05) is 89.3 Å². The number of aromatic nitrogens is 4. The quantitative estimate of drug-likeness (QED) is 0.0601. The molecule has 0 saturated carbocycles. The highest BCUT2D eigenvalue weighted by atomic mass is 19.1. The van der Waals surface area contributed by atoms with Crippen molar-refractivity contribution in [2.75, 3.05) is 34.5 Å². The molecule has 8 aromatic rings. The lowest BCUT2D eigenvalue weighted by atomic mass is 10.1. The summed E-state index contributed by atoms with van der Waals surface area (Å²) in [6.45, 7) is 4.49. The van der Waals surface area contributed by atoms with E-state index in [9.17, 15) is 37.5 Å². The summed E-state index contributed by atoms with van der Waals surface area (Å²) in [6, 6.07) is 28.3. The van der Waals surface area contributed by atoms with Crippen molar-refractivity contribution in [3.63, 3.8) is 0 Å². The fourth-order valence-corrected chi connectivity index (χ4v) is 7.00. The average Bonchev–Trinajstić information content (AvgIpc) is 3.87. The molecule has 0 atom stereocenters. The van der Waals surface area contributed by atoms with E-state index >= 15 is 0 Å². The number of hydrogen-bond donors (Lipinski definition) is 4. The standard InChI is InChI=1S/2C25H21FN4O4/c1-2-34-25(33)29-19-7-8-22-20(13-19)21(15-30(22)14-16-3-5-17(26)6-4-16)23(31)24(32)28-18-9-11-27-12-10-18;1-2-34-25(33)29-19-7-8-20-21(23(31)24(32)28-18-9-11-27-12-10-18)15-30(22(20)13-19)14-16-3-5-17(26)6-4-16/h2*3-13,15H,2,14H2,1H3,(H,29,33)(H,27,28,32). The van der Waals surface area contributed by atoms with E-state index in [-0.39, 0.29) is 36.0 Å². The Bertz CT molecular complexity index is 3120. The molecular weight excluding hydrogens is 879 g/mol. The molecule has 344 valence electrons. The molecule has 8 rings (SSSR count). The lowest BCUT2D eigenvalue weighted by molar-refractivity contribution is -0.113. The summed E-state index contributed by atoms with van der Waals surface area (Å²) in [6.07, 6.45) is 7.94. The zero-order chi connectivity index (χ0) is 48.2. The fraction of sp³-hybridized carbons (Fsp3) is 0.120. The van der Waals surface area contributed by atoms with Gasteiger partial charge in [0.2, 0.25) is 0 Å². The maximum Gasteiger partial charge on any atom is 0.411 e. The highest BCUT2D eigenvalue weighted by Gasteiger charge is 2.24. The highest BCUT2D eigenvalue weighted by molar-refractivity contribution is 6.49. The largest absolute Gasteiger partial charge is 0.450 e. The zero-order valence-electron chi connectivity index (χ0n) is 36.5. The lowest BCUT2D eigenvalue weighted by Gasteiger charge is -2.08. The van der Waals surface area contributed by atoms with Gasteiger partial charge in [-0.25, -0.2) is 18.4 Å². The zero-order valence-corrected chi connectivity index (χ0v) is 36.5. The van der Waals surface area contributed by atoms with Crippen molar-refractivity contribution in [1.29, 1.82) is 0 Å². The maximum absolute atomic E-state index is 13.3. The van der Waals surface area contributed by atoms with Crippen LogP contribution in [0.3, 0.4) is 0 Å². The molecule has 4 aromatic carbocycles. The van der Waals surface area contributed by atoms with Crippen molar-refractivity contribution in [2.24, 2.45) is 0 Å². The first-order valence-corrected chi connectivity index (χ1v) is 21.0. The van der Waals surface area contributed by atoms with Crippen molar-refractivity contribution in [2.45, 2.75) is 26.9 Å². The number of fused-ring (bicyclic) bond motifs is 2. The lowest BCUT2D eigenvalue weighted by Crippen LogP contribution is -2.22. The first-order chi connectivity index (χ1) is 32.9. The van der Waals surface area contributed by atoms with Crippen molar-refractivity contribution >= 4 is 80.1 Å². The van der Waals surface area contributed by atoms with Crippen LogP contribution in [-0.4, -0.2) is 67.9 Å². The average molecular weight is 921 g/mol. The maximum atomic E-state index is 13.3. The van der Waals surface area contributed by atoms with Gasteiger partial charge in [-0.15, -0.1) is 0 Å². The third-order valence-corrected chi connectivity index (χ3v) is 10.1. The highest BCUT2D eigenvalue weighted by Crippen LogP contribution is 2.29. The topological polar surface area (TPSA) is 205 Å². The van der Waals surface area contributed by atoms with Crippen molar-refractivity contribution in [3.8, 4) is 0 Å². The second-order valence-corrected chi connectivity index (χ2v) is 14.8. The Kier molecular flexibility index (Phi) is 15.0. The summed E-state index contributed by atoms with van der Waals surface area (Å²) in [5.74, 6) is -3.76. The van der Waals surface area contributed by atoms with Crippen LogP contribution in [0.1, 0.15) is 45.7 Å². The molecule has 0 unspecified atom stereocenters. The summed E-state index contributed by atoms with van der Waals surface area (Å²) in [7, 11) is 0. The van der Waals surface area contributed by atoms with Crippen LogP contribution < -0.4 is 21.3 Å². The number of benzene rings is 4. The number of nitrogens with zero attached hydrogens (tertiary/aromatic N) is 4. The van der Waals surface area contributed by atoms with Crippen LogP contribution in [0, 0.1) is 11.6 Å². The number of carbonyl (C=O) groups is 6. The Morgan fingerprint density at radius 2 is 0.912 bits per heavy atom. The van der Waals surface area contributed by atoms with E-state index < -0.39 is 35.6 Å². The van der Waals surface area contributed by atoms with Gasteiger partial charge in [-0.2, -0.15) is 0 Å². The minimum atomic E-state index is -0.809. The molecule has 0 radical (unpaired) electrons. The number of amides is 4. The van der Waals surface area contributed by atoms with E-state index in [1.165, 1.54) is 49.1 Å². The molecule has 0 fully saturated rings. The van der Waals surface area contributed by atoms with Gasteiger partial charge >= 0.3 is 12.2 Å². The molecule has 16 nitrogen and oxygen atoms in total. The molecule has 18 heteroatoms. The number of ether oxygens (including phenoxy) is 2. The van der Waals surface area contributed by atoms with Gasteiger partial charge < -0.3 is 29.2 Å². The SMILES string of the molecule is CCOC(=O)Nc1ccc2c(C(=O)C(=O)Nc3ccncc3)cn(Cc3ccc(F)cc3)c2c1.CCOC(=O)Nc1ccc2c(c1)c(C(=O)C(=O)Nc1ccncc1)cn2Cc1ccc(F)cc1. The predicted molar refractivity (Wildman–Crippen MR) is 251 cm³/mol. The third kappa shape index (κ3) is 11.8. The molecule has 0 bridgehead atoms. The van der Waals surface area contributed by atoms with Gasteiger partial charge in [0.05, 0.1) is 29.9 Å². The summed E-state index contributed by atoms with van der Waals surface area (Å²) in [5.41, 5.74) is 5.01. The molecule has 4 aromatic heterocycles. The summed E-state index contributed by atoms with van der Waals surface area (Å²) < 4.78 is 40.1. The number of nitrogens with one attached hydrogen (secondary N) is 4. The van der Waals surface area contributed by atoms with Gasteiger partial charge in [0.15, 0.2) is 0 Å². The van der Waals surface area contributed by atoms with E-state index in [4.69, 9.17) is 9.47 Å². The first kappa shape index (κ1) is 46.9. The predicted octanol–water partition coefficient (Wildman–Crippen LogP) is 9.23. The Balaban J connectivity index is 0.000000201. The summed E-state index contributed by atoms with van der Waals surface area (Å²) in [5, 5.41) is 11.4. The Morgan fingerprint density at radius 3 is 1.38 bits per heavy atom. The summed E-state index contributed by atoms with van der Waals surface area (Å²) >= 11 is 0. The first-order valence-electron chi connectivity index (χ1n) is 21.0. The van der Waals surface area contributed by atoms with Crippen LogP contribution in [0.2, 0.25) is 0 Å². The second kappa shape index (κ2) is 21.7. The fourth-order valence-electron chi connectivity index (χ4n) is 7.00. The summed E-state index contributed by atoms with van der Waals surface area (Å²) in [4.78, 5) is 82.9. The Hall–Kier alpha value is -9.06. The van der Waals surface area contributed by atoms with E-state index in [0.29, 0.717) is 57.6 Å². The molecule has 4 heterocycles. The van der Waals surface area contributed by atoms with Gasteiger partial charge in [-0.1, -0.05) is 30.3 Å². The minimum absolute atomic E-state index is 0.163. The molecule has 4 amide bonds. The van der Waals surface area contributed by atoms with E-state index in [1.807, 2.05) is 0 Å². The van der Waals surface area contributed by atoms with E-state index in [0.717, 1.165) is 11.1 Å². The van der Waals surface area contributed by atoms with Crippen LogP contribution in [0.25, 0.3) is 21.8 Å². The Labute approximate surface area is 386 Å². The van der Waals surface area contributed by atoms with Gasteiger partial charge in [0.25, 0.3) is 23.4 Å². The monoisotopic (exact) mass is 920 g/mol.